The van der Waals surface area contributed by atoms with E-state index in [1.807, 2.05) is 6.07 Å². The molecule has 0 radical (unpaired) electrons. The summed E-state index contributed by atoms with van der Waals surface area (Å²) in [5.41, 5.74) is 0.715. The molecule has 0 aliphatic carbocycles. The minimum atomic E-state index is 0.402. The Kier molecular flexibility index (Phi) is 2.89. The highest BCUT2D eigenvalue weighted by Gasteiger charge is 2.10. The van der Waals surface area contributed by atoms with E-state index in [0.717, 1.165) is 4.47 Å². The average molecular weight is 311 g/mol. The monoisotopic (exact) mass is 309 g/mol. The third kappa shape index (κ3) is 1.61. The number of hydrogen-bond donors (Lipinski definition) is 0. The summed E-state index contributed by atoms with van der Waals surface area (Å²) in [6.45, 7) is 0. The Balaban J connectivity index is 3.01. The summed E-state index contributed by atoms with van der Waals surface area (Å²) in [6, 6.07) is 3.57. The molecular weight excluding hydrogens is 308 g/mol. The van der Waals surface area contributed by atoms with E-state index in [9.17, 15) is 0 Å². The highest BCUT2D eigenvalue weighted by atomic mass is 79.9. The van der Waals surface area contributed by atoms with Crippen molar-refractivity contribution in [1.29, 1.82) is 0 Å². The second-order valence-corrected chi connectivity index (χ2v) is 4.72. The summed E-state index contributed by atoms with van der Waals surface area (Å²) in [6.07, 6.45) is 1.51. The van der Waals surface area contributed by atoms with Crippen LogP contribution in [-0.2, 0) is 0 Å². The molecule has 0 aliphatic rings. The molecule has 72 valence electrons. The molecule has 0 aliphatic heterocycles. The molecule has 1 heterocycles. The van der Waals surface area contributed by atoms with Gasteiger partial charge in [-0.05, 0) is 28.1 Å². The number of halogens is 4. The van der Waals surface area contributed by atoms with Gasteiger partial charge in [-0.2, -0.15) is 0 Å². The molecule has 0 saturated heterocycles. The number of fused-ring (bicyclic) bond motifs is 1. The lowest BCUT2D eigenvalue weighted by Crippen LogP contribution is -1.83. The number of hydrogen-bond acceptors (Lipinski definition) is 1. The van der Waals surface area contributed by atoms with Crippen molar-refractivity contribution in [2.24, 2.45) is 0 Å². The second-order valence-electron chi connectivity index (χ2n) is 2.67. The molecule has 2 aromatic rings. The minimum absolute atomic E-state index is 0.402. The maximum Gasteiger partial charge on any atom is 0.0875 e. The van der Waals surface area contributed by atoms with Gasteiger partial charge < -0.3 is 0 Å². The standard InChI is InChI=1S/C9H3BrCl3N/c10-4-1-2-5(11)7-8(13)6(12)3-14-9(4)7/h1-3H. The van der Waals surface area contributed by atoms with Crippen LogP contribution in [0.4, 0.5) is 0 Å². The zero-order valence-corrected chi connectivity index (χ0v) is 10.5. The van der Waals surface area contributed by atoms with Crippen LogP contribution in [0, 0.1) is 0 Å². The van der Waals surface area contributed by atoms with Crippen LogP contribution in [0.3, 0.4) is 0 Å². The molecule has 0 amide bonds. The minimum Gasteiger partial charge on any atom is -0.253 e. The Morgan fingerprint density at radius 2 is 1.79 bits per heavy atom. The van der Waals surface area contributed by atoms with Crippen molar-refractivity contribution >= 4 is 61.6 Å². The van der Waals surface area contributed by atoms with Gasteiger partial charge in [0.05, 0.1) is 20.6 Å². The summed E-state index contributed by atoms with van der Waals surface area (Å²) in [7, 11) is 0. The zero-order chi connectivity index (χ0) is 10.3. The van der Waals surface area contributed by atoms with Crippen molar-refractivity contribution in [2.45, 2.75) is 0 Å². The van der Waals surface area contributed by atoms with Gasteiger partial charge in [-0.15, -0.1) is 0 Å². The maximum absolute atomic E-state index is 6.03. The molecule has 0 bridgehead atoms. The van der Waals surface area contributed by atoms with Crippen LogP contribution in [-0.4, -0.2) is 4.98 Å². The molecule has 0 unspecified atom stereocenters. The van der Waals surface area contributed by atoms with E-state index in [0.29, 0.717) is 26.0 Å². The molecule has 1 aromatic heterocycles. The highest BCUT2D eigenvalue weighted by molar-refractivity contribution is 9.10. The molecule has 2 rings (SSSR count). The fourth-order valence-corrected chi connectivity index (χ4v) is 2.28. The van der Waals surface area contributed by atoms with Gasteiger partial charge in [-0.3, -0.25) is 4.98 Å². The molecule has 0 spiro atoms. The van der Waals surface area contributed by atoms with Gasteiger partial charge in [-0.25, -0.2) is 0 Å². The van der Waals surface area contributed by atoms with Crippen LogP contribution in [0.5, 0.6) is 0 Å². The molecule has 0 fully saturated rings. The van der Waals surface area contributed by atoms with E-state index >= 15 is 0 Å². The van der Waals surface area contributed by atoms with Gasteiger partial charge in [0.2, 0.25) is 0 Å². The molecule has 1 nitrogen and oxygen atoms in total. The van der Waals surface area contributed by atoms with Crippen LogP contribution in [0.1, 0.15) is 0 Å². The Labute approximate surface area is 104 Å². The normalized spacial score (nSPS) is 10.9. The predicted molar refractivity (Wildman–Crippen MR) is 64.5 cm³/mol. The third-order valence-corrected chi connectivity index (χ3v) is 3.54. The van der Waals surface area contributed by atoms with Crippen LogP contribution < -0.4 is 0 Å². The second kappa shape index (κ2) is 3.86. The SMILES string of the molecule is Clc1cnc2c(Br)ccc(Cl)c2c1Cl. The van der Waals surface area contributed by atoms with E-state index in [4.69, 9.17) is 34.8 Å². The molecule has 0 atom stereocenters. The molecule has 1 aromatic carbocycles. The number of aromatic nitrogens is 1. The molecule has 14 heavy (non-hydrogen) atoms. The smallest absolute Gasteiger partial charge is 0.0875 e. The summed E-state index contributed by atoms with van der Waals surface area (Å²) < 4.78 is 0.843. The largest absolute Gasteiger partial charge is 0.253 e. The summed E-state index contributed by atoms with van der Waals surface area (Å²) >= 11 is 21.2. The van der Waals surface area contributed by atoms with E-state index < -0.39 is 0 Å². The van der Waals surface area contributed by atoms with Crippen molar-refractivity contribution in [3.05, 3.63) is 37.9 Å². The summed E-state index contributed by atoms with van der Waals surface area (Å²) in [5.74, 6) is 0. The fraction of sp³-hybridized carbons (Fsp3) is 0. The third-order valence-electron chi connectivity index (χ3n) is 1.81. The Morgan fingerprint density at radius 1 is 1.07 bits per heavy atom. The topological polar surface area (TPSA) is 12.9 Å². The first-order valence-electron chi connectivity index (χ1n) is 3.69. The van der Waals surface area contributed by atoms with Crippen molar-refractivity contribution < 1.29 is 0 Å². The maximum atomic E-state index is 6.03. The number of benzene rings is 1. The lowest BCUT2D eigenvalue weighted by atomic mass is 10.2. The molecule has 0 N–H and O–H groups in total. The lowest BCUT2D eigenvalue weighted by molar-refractivity contribution is 1.40. The summed E-state index contributed by atoms with van der Waals surface area (Å²) in [4.78, 5) is 4.15. The van der Waals surface area contributed by atoms with Crippen LogP contribution in [0.25, 0.3) is 10.9 Å². The van der Waals surface area contributed by atoms with Crippen molar-refractivity contribution in [1.82, 2.24) is 4.98 Å². The molecule has 0 saturated carbocycles. The van der Waals surface area contributed by atoms with Crippen molar-refractivity contribution in [2.75, 3.05) is 0 Å². The van der Waals surface area contributed by atoms with Gasteiger partial charge in [0, 0.05) is 16.1 Å². The number of nitrogens with zero attached hydrogens (tertiary/aromatic N) is 1. The van der Waals surface area contributed by atoms with Gasteiger partial charge in [0.15, 0.2) is 0 Å². The highest BCUT2D eigenvalue weighted by Crippen LogP contribution is 2.36. The molecular formula is C9H3BrCl3N. The van der Waals surface area contributed by atoms with Crippen LogP contribution >= 0.6 is 50.7 Å². The van der Waals surface area contributed by atoms with Gasteiger partial charge >= 0.3 is 0 Å². The Morgan fingerprint density at radius 3 is 2.50 bits per heavy atom. The van der Waals surface area contributed by atoms with Crippen LogP contribution in [0.2, 0.25) is 15.1 Å². The van der Waals surface area contributed by atoms with E-state index in [2.05, 4.69) is 20.9 Å². The van der Waals surface area contributed by atoms with E-state index in [1.54, 1.807) is 6.07 Å². The fourth-order valence-electron chi connectivity index (χ4n) is 1.17. The zero-order valence-electron chi connectivity index (χ0n) is 6.69. The first-order chi connectivity index (χ1) is 6.61. The van der Waals surface area contributed by atoms with Crippen molar-refractivity contribution in [3.8, 4) is 0 Å². The van der Waals surface area contributed by atoms with E-state index in [1.165, 1.54) is 6.20 Å². The van der Waals surface area contributed by atoms with Gasteiger partial charge in [0.1, 0.15) is 0 Å². The summed E-state index contributed by atoms with van der Waals surface area (Å²) in [5, 5.41) is 2.06. The van der Waals surface area contributed by atoms with Crippen LogP contribution in [0.15, 0.2) is 22.8 Å². The quantitative estimate of drug-likeness (QED) is 0.670. The van der Waals surface area contributed by atoms with Crippen molar-refractivity contribution in [3.63, 3.8) is 0 Å². The predicted octanol–water partition coefficient (Wildman–Crippen LogP) is 4.96. The molecule has 5 heteroatoms. The van der Waals surface area contributed by atoms with Gasteiger partial charge in [0.25, 0.3) is 0 Å². The number of pyridine rings is 1. The first-order valence-corrected chi connectivity index (χ1v) is 5.61. The first kappa shape index (κ1) is 10.5. The lowest BCUT2D eigenvalue weighted by Gasteiger charge is -2.05. The Hall–Kier alpha value is -0.0200. The average Bonchev–Trinajstić information content (AvgIpc) is 2.16. The number of rotatable bonds is 0. The van der Waals surface area contributed by atoms with E-state index in [-0.39, 0.29) is 0 Å². The Bertz CT molecular complexity index is 513. The van der Waals surface area contributed by atoms with Gasteiger partial charge in [-0.1, -0.05) is 34.8 Å².